The largest absolute Gasteiger partial charge is 0.497 e. The zero-order valence-corrected chi connectivity index (χ0v) is 12.9. The molecule has 0 N–H and O–H groups in total. The summed E-state index contributed by atoms with van der Waals surface area (Å²) in [7, 11) is 1.53. The van der Waals surface area contributed by atoms with Crippen LogP contribution in [0.1, 0.15) is 5.56 Å². The Morgan fingerprint density at radius 3 is 2.28 bits per heavy atom. The van der Waals surface area contributed by atoms with Crippen molar-refractivity contribution in [3.63, 3.8) is 0 Å². The molecular formula is C17H11F4N3O. The third kappa shape index (κ3) is 3.57. The van der Waals surface area contributed by atoms with Gasteiger partial charge >= 0.3 is 6.18 Å². The van der Waals surface area contributed by atoms with Crippen molar-refractivity contribution in [2.75, 3.05) is 7.11 Å². The number of benzene rings is 2. The zero-order chi connectivity index (χ0) is 18.0. The highest BCUT2D eigenvalue weighted by molar-refractivity contribution is 5.63. The molecule has 0 amide bonds. The lowest BCUT2D eigenvalue weighted by molar-refractivity contribution is -0.139. The minimum absolute atomic E-state index is 0.0957. The molecule has 2 aromatic carbocycles. The van der Waals surface area contributed by atoms with Crippen molar-refractivity contribution < 1.29 is 22.3 Å². The zero-order valence-electron chi connectivity index (χ0n) is 12.9. The third-order valence-electron chi connectivity index (χ3n) is 3.47. The van der Waals surface area contributed by atoms with Crippen LogP contribution in [0.3, 0.4) is 0 Å². The molecule has 0 aliphatic heterocycles. The molecule has 0 radical (unpaired) electrons. The number of hydrogen-bond donors (Lipinski definition) is 0. The van der Waals surface area contributed by atoms with Gasteiger partial charge in [-0.05, 0) is 42.5 Å². The maximum absolute atomic E-state index is 13.4. The van der Waals surface area contributed by atoms with Gasteiger partial charge in [0.25, 0.3) is 0 Å². The summed E-state index contributed by atoms with van der Waals surface area (Å²) in [6, 6.07) is 9.48. The van der Waals surface area contributed by atoms with Gasteiger partial charge in [0.15, 0.2) is 5.82 Å². The van der Waals surface area contributed by atoms with Crippen LogP contribution in [0.4, 0.5) is 17.6 Å². The first-order valence-electron chi connectivity index (χ1n) is 7.10. The van der Waals surface area contributed by atoms with Gasteiger partial charge in [-0.15, -0.1) is 5.10 Å². The molecular weight excluding hydrogens is 338 g/mol. The van der Waals surface area contributed by atoms with E-state index in [0.717, 1.165) is 6.07 Å². The fourth-order valence-electron chi connectivity index (χ4n) is 2.21. The summed E-state index contributed by atoms with van der Waals surface area (Å²) >= 11 is 0. The number of hydrogen-bond acceptors (Lipinski definition) is 4. The van der Waals surface area contributed by atoms with Crippen LogP contribution in [0.5, 0.6) is 5.75 Å². The summed E-state index contributed by atoms with van der Waals surface area (Å²) < 4.78 is 57.1. The van der Waals surface area contributed by atoms with Crippen molar-refractivity contribution in [2.24, 2.45) is 0 Å². The second kappa shape index (κ2) is 6.46. The van der Waals surface area contributed by atoms with Gasteiger partial charge in [0, 0.05) is 11.1 Å². The molecule has 0 aliphatic carbocycles. The van der Waals surface area contributed by atoms with Crippen LogP contribution in [0, 0.1) is 5.82 Å². The monoisotopic (exact) mass is 349 g/mol. The Morgan fingerprint density at radius 2 is 1.64 bits per heavy atom. The van der Waals surface area contributed by atoms with Crippen molar-refractivity contribution >= 4 is 0 Å². The van der Waals surface area contributed by atoms with Crippen LogP contribution in [0.2, 0.25) is 0 Å². The van der Waals surface area contributed by atoms with E-state index in [2.05, 4.69) is 15.2 Å². The molecule has 0 fully saturated rings. The number of halogens is 4. The quantitative estimate of drug-likeness (QED) is 0.659. The van der Waals surface area contributed by atoms with Crippen molar-refractivity contribution in [3.8, 4) is 28.4 Å². The molecule has 8 heteroatoms. The summed E-state index contributed by atoms with van der Waals surface area (Å²) in [5.41, 5.74) is -0.479. The molecule has 0 saturated heterocycles. The standard InChI is InChI=1S/C17H11F4N3O/c1-25-12-5-2-10(3-6-12)16-23-15(9-22-24-16)11-4-7-14(18)13(8-11)17(19,20)21/h2-9H,1H3. The molecule has 0 saturated carbocycles. The molecule has 128 valence electrons. The normalized spacial score (nSPS) is 11.4. The molecule has 0 spiro atoms. The van der Waals surface area contributed by atoms with E-state index in [1.165, 1.54) is 19.4 Å². The van der Waals surface area contributed by atoms with Crippen LogP contribution in [0.25, 0.3) is 22.6 Å². The molecule has 1 heterocycles. The molecule has 0 aliphatic rings. The van der Waals surface area contributed by atoms with Crippen molar-refractivity contribution in [2.45, 2.75) is 6.18 Å². The molecule has 1 aromatic heterocycles. The fraction of sp³-hybridized carbons (Fsp3) is 0.118. The Hall–Kier alpha value is -3.03. The molecule has 25 heavy (non-hydrogen) atoms. The minimum Gasteiger partial charge on any atom is -0.497 e. The lowest BCUT2D eigenvalue weighted by atomic mass is 10.1. The third-order valence-corrected chi connectivity index (χ3v) is 3.47. The number of rotatable bonds is 3. The van der Waals surface area contributed by atoms with E-state index in [0.29, 0.717) is 17.4 Å². The summed E-state index contributed by atoms with van der Waals surface area (Å²) in [5.74, 6) is -0.465. The highest BCUT2D eigenvalue weighted by atomic mass is 19.4. The second-order valence-electron chi connectivity index (χ2n) is 5.09. The predicted molar refractivity (Wildman–Crippen MR) is 82.2 cm³/mol. The van der Waals surface area contributed by atoms with Gasteiger partial charge in [-0.3, -0.25) is 0 Å². The maximum Gasteiger partial charge on any atom is 0.419 e. The summed E-state index contributed by atoms with van der Waals surface area (Å²) in [6.45, 7) is 0. The predicted octanol–water partition coefficient (Wildman–Crippen LogP) is 4.37. The van der Waals surface area contributed by atoms with E-state index in [9.17, 15) is 17.6 Å². The van der Waals surface area contributed by atoms with E-state index in [1.807, 2.05) is 0 Å². The number of methoxy groups -OCH3 is 1. The Kier molecular flexibility index (Phi) is 4.35. The highest BCUT2D eigenvalue weighted by Crippen LogP contribution is 2.34. The molecule has 3 aromatic rings. The number of ether oxygens (including phenoxy) is 1. The SMILES string of the molecule is COc1ccc(-c2nncc(-c3ccc(F)c(C(F)(F)F)c3)n2)cc1. The van der Waals surface area contributed by atoms with E-state index in [4.69, 9.17) is 4.74 Å². The first-order chi connectivity index (χ1) is 11.9. The van der Waals surface area contributed by atoms with Crippen molar-refractivity contribution in [3.05, 3.63) is 60.0 Å². The molecule has 0 bridgehead atoms. The Bertz CT molecular complexity index is 895. The summed E-state index contributed by atoms with van der Waals surface area (Å²) in [5, 5.41) is 7.66. The number of aromatic nitrogens is 3. The van der Waals surface area contributed by atoms with Crippen LogP contribution in [0.15, 0.2) is 48.7 Å². The first-order valence-corrected chi connectivity index (χ1v) is 7.10. The summed E-state index contributed by atoms with van der Waals surface area (Å²) in [4.78, 5) is 4.22. The van der Waals surface area contributed by atoms with Gasteiger partial charge in [-0.25, -0.2) is 9.37 Å². The van der Waals surface area contributed by atoms with Gasteiger partial charge in [0.1, 0.15) is 11.6 Å². The minimum atomic E-state index is -4.79. The van der Waals surface area contributed by atoms with Crippen LogP contribution in [-0.2, 0) is 6.18 Å². The molecule has 3 rings (SSSR count). The topological polar surface area (TPSA) is 47.9 Å². The Morgan fingerprint density at radius 1 is 0.960 bits per heavy atom. The van der Waals surface area contributed by atoms with Crippen LogP contribution >= 0.6 is 0 Å². The van der Waals surface area contributed by atoms with E-state index in [-0.39, 0.29) is 17.1 Å². The lowest BCUT2D eigenvalue weighted by Gasteiger charge is -2.10. The molecule has 0 unspecified atom stereocenters. The van der Waals surface area contributed by atoms with E-state index in [1.54, 1.807) is 24.3 Å². The van der Waals surface area contributed by atoms with Gasteiger partial charge < -0.3 is 4.74 Å². The van der Waals surface area contributed by atoms with E-state index < -0.39 is 17.6 Å². The fourth-order valence-corrected chi connectivity index (χ4v) is 2.21. The van der Waals surface area contributed by atoms with E-state index >= 15 is 0 Å². The Labute approximate surface area is 140 Å². The van der Waals surface area contributed by atoms with Crippen molar-refractivity contribution in [1.82, 2.24) is 15.2 Å². The van der Waals surface area contributed by atoms with Crippen molar-refractivity contribution in [1.29, 1.82) is 0 Å². The summed E-state index contributed by atoms with van der Waals surface area (Å²) in [6.07, 6.45) is -3.57. The average Bonchev–Trinajstić information content (AvgIpc) is 2.61. The highest BCUT2D eigenvalue weighted by Gasteiger charge is 2.34. The van der Waals surface area contributed by atoms with Gasteiger partial charge in [0.2, 0.25) is 0 Å². The van der Waals surface area contributed by atoms with Crippen LogP contribution in [-0.4, -0.2) is 22.3 Å². The Balaban J connectivity index is 2.02. The smallest absolute Gasteiger partial charge is 0.419 e. The molecule has 0 atom stereocenters. The second-order valence-corrected chi connectivity index (χ2v) is 5.09. The first kappa shape index (κ1) is 16.8. The average molecular weight is 349 g/mol. The maximum atomic E-state index is 13.4. The van der Waals surface area contributed by atoms with Gasteiger partial charge in [0.05, 0.1) is 24.6 Å². The van der Waals surface area contributed by atoms with Gasteiger partial charge in [-0.1, -0.05) is 0 Å². The number of nitrogens with zero attached hydrogens (tertiary/aromatic N) is 3. The number of alkyl halides is 3. The van der Waals surface area contributed by atoms with Crippen LogP contribution < -0.4 is 4.74 Å². The van der Waals surface area contributed by atoms with Gasteiger partial charge in [-0.2, -0.15) is 18.3 Å². The molecule has 4 nitrogen and oxygen atoms in total. The lowest BCUT2D eigenvalue weighted by Crippen LogP contribution is -2.08.